The van der Waals surface area contributed by atoms with E-state index in [-0.39, 0.29) is 17.9 Å². The number of aliphatic hydroxyl groups excluding tert-OH is 1. The molecule has 0 saturated heterocycles. The number of carbonyl (C=O) groups is 1. The van der Waals surface area contributed by atoms with Crippen LogP contribution < -0.4 is 0 Å². The molecule has 5 nitrogen and oxygen atoms in total. The molecule has 0 amide bonds. The van der Waals surface area contributed by atoms with Crippen molar-refractivity contribution in [3.05, 3.63) is 41.1 Å². The van der Waals surface area contributed by atoms with Gasteiger partial charge in [-0.2, -0.15) is 18.3 Å². The average molecular weight is 314 g/mol. The molecule has 1 heterocycles. The topological polar surface area (TPSA) is 64.3 Å². The van der Waals surface area contributed by atoms with E-state index in [1.807, 2.05) is 0 Å². The lowest BCUT2D eigenvalue weighted by atomic mass is 10.0. The Bertz CT molecular complexity index is 708. The first-order chi connectivity index (χ1) is 10.3. The molecular weight excluding hydrogens is 301 g/mol. The van der Waals surface area contributed by atoms with Crippen LogP contribution in [-0.4, -0.2) is 28.0 Å². The van der Waals surface area contributed by atoms with Crippen molar-refractivity contribution in [2.75, 3.05) is 7.11 Å². The van der Waals surface area contributed by atoms with E-state index >= 15 is 0 Å². The van der Waals surface area contributed by atoms with Gasteiger partial charge in [-0.05, 0) is 29.8 Å². The van der Waals surface area contributed by atoms with Crippen LogP contribution in [0, 0.1) is 0 Å². The first-order valence-corrected chi connectivity index (χ1v) is 6.21. The van der Waals surface area contributed by atoms with Crippen LogP contribution in [0.3, 0.4) is 0 Å². The molecule has 0 spiro atoms. The van der Waals surface area contributed by atoms with Crippen LogP contribution in [0.4, 0.5) is 13.2 Å². The van der Waals surface area contributed by atoms with Crippen LogP contribution in [0.5, 0.6) is 0 Å². The third kappa shape index (κ3) is 3.11. The van der Waals surface area contributed by atoms with Crippen molar-refractivity contribution >= 4 is 5.97 Å². The van der Waals surface area contributed by atoms with Crippen LogP contribution >= 0.6 is 0 Å². The van der Waals surface area contributed by atoms with Crippen molar-refractivity contribution in [3.8, 4) is 11.3 Å². The molecule has 0 aliphatic heterocycles. The molecule has 0 radical (unpaired) electrons. The average Bonchev–Trinajstić information content (AvgIpc) is 2.88. The van der Waals surface area contributed by atoms with Gasteiger partial charge in [0.05, 0.1) is 25.0 Å². The molecule has 0 bridgehead atoms. The Labute approximate surface area is 123 Å². The molecule has 2 aromatic rings. The number of hydrogen-bond acceptors (Lipinski definition) is 4. The van der Waals surface area contributed by atoms with Crippen LogP contribution in [0.25, 0.3) is 11.3 Å². The highest BCUT2D eigenvalue weighted by Crippen LogP contribution is 2.32. The molecule has 0 fully saturated rings. The molecule has 8 heteroatoms. The zero-order chi connectivity index (χ0) is 16.5. The van der Waals surface area contributed by atoms with Gasteiger partial charge >= 0.3 is 12.1 Å². The number of halogens is 3. The number of alkyl halides is 3. The highest BCUT2D eigenvalue weighted by atomic mass is 19.4. The number of rotatable bonds is 3. The van der Waals surface area contributed by atoms with Crippen molar-refractivity contribution in [2.24, 2.45) is 7.05 Å². The quantitative estimate of drug-likeness (QED) is 0.884. The summed E-state index contributed by atoms with van der Waals surface area (Å²) in [5.41, 5.74) is -0.00397. The van der Waals surface area contributed by atoms with Crippen molar-refractivity contribution in [1.29, 1.82) is 0 Å². The molecule has 0 atom stereocenters. The number of aromatic nitrogens is 2. The number of nitrogens with zero attached hydrogens (tertiary/aromatic N) is 2. The Hall–Kier alpha value is -2.35. The van der Waals surface area contributed by atoms with Crippen molar-refractivity contribution in [2.45, 2.75) is 12.8 Å². The van der Waals surface area contributed by atoms with E-state index in [4.69, 9.17) is 0 Å². The third-order valence-corrected chi connectivity index (χ3v) is 3.06. The van der Waals surface area contributed by atoms with Gasteiger partial charge in [0, 0.05) is 12.6 Å². The maximum Gasteiger partial charge on any atom is 0.435 e. The van der Waals surface area contributed by atoms with Gasteiger partial charge in [-0.1, -0.05) is 0 Å². The molecule has 22 heavy (non-hydrogen) atoms. The number of esters is 1. The summed E-state index contributed by atoms with van der Waals surface area (Å²) in [6.07, 6.45) is -4.56. The largest absolute Gasteiger partial charge is 0.465 e. The van der Waals surface area contributed by atoms with E-state index in [0.717, 1.165) is 10.7 Å². The van der Waals surface area contributed by atoms with E-state index in [9.17, 15) is 23.1 Å². The summed E-state index contributed by atoms with van der Waals surface area (Å²) in [5, 5.41) is 12.7. The van der Waals surface area contributed by atoms with E-state index in [0.29, 0.717) is 11.1 Å². The number of methoxy groups -OCH3 is 1. The number of aliphatic hydroxyl groups is 1. The Morgan fingerprint density at radius 2 is 2.00 bits per heavy atom. The summed E-state index contributed by atoms with van der Waals surface area (Å²) >= 11 is 0. The molecule has 0 saturated carbocycles. The molecular formula is C14H13F3N2O3. The van der Waals surface area contributed by atoms with Gasteiger partial charge in [0.25, 0.3) is 0 Å². The Morgan fingerprint density at radius 3 is 2.50 bits per heavy atom. The summed E-state index contributed by atoms with van der Waals surface area (Å²) in [4.78, 5) is 11.6. The predicted molar refractivity (Wildman–Crippen MR) is 70.9 cm³/mol. The minimum absolute atomic E-state index is 0.138. The SMILES string of the molecule is COC(=O)c1cc(CO)cc(-c2cc(C(F)(F)F)nn2C)c1. The predicted octanol–water partition coefficient (Wildman–Crippen LogP) is 2.38. The fourth-order valence-electron chi connectivity index (χ4n) is 2.04. The highest BCUT2D eigenvalue weighted by molar-refractivity contribution is 5.91. The number of aryl methyl sites for hydroxylation is 1. The lowest BCUT2D eigenvalue weighted by Gasteiger charge is -2.07. The second-order valence-electron chi connectivity index (χ2n) is 4.60. The summed E-state index contributed by atoms with van der Waals surface area (Å²) in [6.45, 7) is -0.359. The monoisotopic (exact) mass is 314 g/mol. The fraction of sp³-hybridized carbons (Fsp3) is 0.286. The maximum atomic E-state index is 12.7. The molecule has 0 unspecified atom stereocenters. The summed E-state index contributed by atoms with van der Waals surface area (Å²) in [5.74, 6) is -0.644. The molecule has 1 N–H and O–H groups in total. The molecule has 1 aromatic heterocycles. The summed E-state index contributed by atoms with van der Waals surface area (Å²) < 4.78 is 43.8. The van der Waals surface area contributed by atoms with Gasteiger partial charge in [-0.15, -0.1) is 0 Å². The van der Waals surface area contributed by atoms with Gasteiger partial charge in [0.15, 0.2) is 5.69 Å². The van der Waals surface area contributed by atoms with Crippen LogP contribution in [-0.2, 0) is 24.6 Å². The van der Waals surface area contributed by atoms with Crippen molar-refractivity contribution in [1.82, 2.24) is 9.78 Å². The minimum atomic E-state index is -4.56. The first kappa shape index (κ1) is 16.0. The minimum Gasteiger partial charge on any atom is -0.465 e. The number of benzene rings is 1. The third-order valence-electron chi connectivity index (χ3n) is 3.06. The standard InChI is InChI=1S/C14H13F3N2O3/c1-19-11(6-12(18-19)14(15,16)17)9-3-8(7-20)4-10(5-9)13(21)22-2/h3-6,20H,7H2,1-2H3. The van der Waals surface area contributed by atoms with E-state index < -0.39 is 17.8 Å². The lowest BCUT2D eigenvalue weighted by molar-refractivity contribution is -0.141. The summed E-state index contributed by atoms with van der Waals surface area (Å²) in [6, 6.07) is 5.18. The first-order valence-electron chi connectivity index (χ1n) is 6.21. The Morgan fingerprint density at radius 1 is 1.32 bits per heavy atom. The van der Waals surface area contributed by atoms with Crippen LogP contribution in [0.1, 0.15) is 21.6 Å². The van der Waals surface area contributed by atoms with E-state index in [2.05, 4.69) is 9.84 Å². The van der Waals surface area contributed by atoms with E-state index in [1.54, 1.807) is 0 Å². The molecule has 0 aliphatic rings. The fourth-order valence-corrected chi connectivity index (χ4v) is 2.04. The smallest absolute Gasteiger partial charge is 0.435 e. The lowest BCUT2D eigenvalue weighted by Crippen LogP contribution is -2.06. The van der Waals surface area contributed by atoms with E-state index in [1.165, 1.54) is 32.4 Å². The molecule has 2 rings (SSSR count). The molecule has 118 valence electrons. The van der Waals surface area contributed by atoms with Crippen LogP contribution in [0.15, 0.2) is 24.3 Å². The van der Waals surface area contributed by atoms with Gasteiger partial charge in [-0.3, -0.25) is 4.68 Å². The molecule has 0 aliphatic carbocycles. The number of ether oxygens (including phenoxy) is 1. The second-order valence-corrected chi connectivity index (χ2v) is 4.60. The zero-order valence-electron chi connectivity index (χ0n) is 11.8. The van der Waals surface area contributed by atoms with Gasteiger partial charge < -0.3 is 9.84 Å². The number of carbonyl (C=O) groups excluding carboxylic acids is 1. The highest BCUT2D eigenvalue weighted by Gasteiger charge is 2.34. The molecule has 1 aromatic carbocycles. The Balaban J connectivity index is 2.57. The van der Waals surface area contributed by atoms with Gasteiger partial charge in [-0.25, -0.2) is 4.79 Å². The van der Waals surface area contributed by atoms with Gasteiger partial charge in [0.1, 0.15) is 0 Å². The van der Waals surface area contributed by atoms with Crippen molar-refractivity contribution < 1.29 is 27.8 Å². The van der Waals surface area contributed by atoms with Gasteiger partial charge in [0.2, 0.25) is 0 Å². The van der Waals surface area contributed by atoms with Crippen molar-refractivity contribution in [3.63, 3.8) is 0 Å². The summed E-state index contributed by atoms with van der Waals surface area (Å²) in [7, 11) is 2.56. The maximum absolute atomic E-state index is 12.7. The normalized spacial score (nSPS) is 11.5. The number of hydrogen-bond donors (Lipinski definition) is 1. The Kier molecular flexibility index (Phi) is 4.23. The second kappa shape index (κ2) is 5.80. The zero-order valence-corrected chi connectivity index (χ0v) is 11.8. The van der Waals surface area contributed by atoms with Crippen LogP contribution in [0.2, 0.25) is 0 Å².